The van der Waals surface area contributed by atoms with Crippen LogP contribution < -0.4 is 5.73 Å². The molecule has 2 N–H and O–H groups in total. The molecule has 0 amide bonds. The predicted molar refractivity (Wildman–Crippen MR) is 75.3 cm³/mol. The Morgan fingerprint density at radius 2 is 1.94 bits per heavy atom. The van der Waals surface area contributed by atoms with Crippen LogP contribution in [0.1, 0.15) is 18.0 Å². The van der Waals surface area contributed by atoms with Crippen LogP contribution >= 0.6 is 23.2 Å². The lowest BCUT2D eigenvalue weighted by molar-refractivity contribution is 0.132. The molecule has 1 aromatic rings. The van der Waals surface area contributed by atoms with Crippen molar-refractivity contribution in [2.75, 3.05) is 32.8 Å². The molecule has 0 bridgehead atoms. The smallest absolute Gasteiger partial charge is 0.0593 e. The molecule has 1 heterocycles. The van der Waals surface area contributed by atoms with E-state index in [0.717, 1.165) is 38.3 Å². The van der Waals surface area contributed by atoms with Crippen LogP contribution in [-0.4, -0.2) is 37.7 Å². The van der Waals surface area contributed by atoms with E-state index < -0.39 is 0 Å². The third-order valence-corrected chi connectivity index (χ3v) is 3.91. The normalized spacial score (nSPS) is 19.5. The maximum Gasteiger partial charge on any atom is 0.0593 e. The first-order valence-electron chi connectivity index (χ1n) is 6.20. The molecule has 5 heteroatoms. The van der Waals surface area contributed by atoms with E-state index in [0.29, 0.717) is 16.6 Å². The van der Waals surface area contributed by atoms with Gasteiger partial charge >= 0.3 is 0 Å². The standard InChI is InChI=1S/C13H18Cl2N2O/c14-10-3-1-4-11(15)13(10)12(9-16)17-5-2-7-18-8-6-17/h1,3-4,12H,2,5-9,16H2. The maximum absolute atomic E-state index is 6.27. The topological polar surface area (TPSA) is 38.5 Å². The van der Waals surface area contributed by atoms with Gasteiger partial charge in [0.1, 0.15) is 0 Å². The Balaban J connectivity index is 2.26. The molecule has 0 saturated carbocycles. The number of ether oxygens (including phenoxy) is 1. The second-order valence-electron chi connectivity index (χ2n) is 4.39. The fourth-order valence-electron chi connectivity index (χ4n) is 2.36. The van der Waals surface area contributed by atoms with Crippen molar-refractivity contribution in [2.24, 2.45) is 5.73 Å². The molecular weight excluding hydrogens is 271 g/mol. The number of hydrogen-bond acceptors (Lipinski definition) is 3. The number of rotatable bonds is 3. The molecule has 2 rings (SSSR count). The van der Waals surface area contributed by atoms with E-state index in [9.17, 15) is 0 Å². The molecule has 3 nitrogen and oxygen atoms in total. The molecule has 0 spiro atoms. The first-order chi connectivity index (χ1) is 8.74. The second-order valence-corrected chi connectivity index (χ2v) is 5.20. The van der Waals surface area contributed by atoms with Gasteiger partial charge in [-0.3, -0.25) is 4.90 Å². The fraction of sp³-hybridized carbons (Fsp3) is 0.538. The minimum absolute atomic E-state index is 0.0629. The molecule has 1 saturated heterocycles. The molecule has 1 aromatic carbocycles. The molecule has 100 valence electrons. The van der Waals surface area contributed by atoms with Crippen molar-refractivity contribution >= 4 is 23.2 Å². The van der Waals surface area contributed by atoms with Gasteiger partial charge in [-0.25, -0.2) is 0 Å². The Bertz CT molecular complexity index is 372. The Kier molecular flexibility index (Phi) is 5.27. The zero-order valence-electron chi connectivity index (χ0n) is 10.2. The average Bonchev–Trinajstić information content (AvgIpc) is 2.63. The minimum Gasteiger partial charge on any atom is -0.380 e. The third kappa shape index (κ3) is 3.16. The summed E-state index contributed by atoms with van der Waals surface area (Å²) in [7, 11) is 0. The van der Waals surface area contributed by atoms with Gasteiger partial charge in [-0.15, -0.1) is 0 Å². The Hall–Kier alpha value is -0.320. The highest BCUT2D eigenvalue weighted by Crippen LogP contribution is 2.33. The van der Waals surface area contributed by atoms with Crippen LogP contribution in [0.25, 0.3) is 0 Å². The summed E-state index contributed by atoms with van der Waals surface area (Å²) < 4.78 is 5.47. The van der Waals surface area contributed by atoms with Crippen LogP contribution in [0.2, 0.25) is 10.0 Å². The summed E-state index contributed by atoms with van der Waals surface area (Å²) in [4.78, 5) is 2.31. The van der Waals surface area contributed by atoms with Crippen molar-refractivity contribution in [3.8, 4) is 0 Å². The van der Waals surface area contributed by atoms with Crippen LogP contribution in [-0.2, 0) is 4.74 Å². The van der Waals surface area contributed by atoms with Crippen LogP contribution in [0.5, 0.6) is 0 Å². The van der Waals surface area contributed by atoms with Gasteiger partial charge in [-0.05, 0) is 18.6 Å². The number of hydrogen-bond donors (Lipinski definition) is 1. The van der Waals surface area contributed by atoms with Crippen molar-refractivity contribution in [2.45, 2.75) is 12.5 Å². The highest BCUT2D eigenvalue weighted by molar-refractivity contribution is 6.36. The van der Waals surface area contributed by atoms with Crippen molar-refractivity contribution in [1.29, 1.82) is 0 Å². The van der Waals surface area contributed by atoms with Gasteiger partial charge in [0.25, 0.3) is 0 Å². The lowest BCUT2D eigenvalue weighted by Gasteiger charge is -2.30. The van der Waals surface area contributed by atoms with Gasteiger partial charge in [0.15, 0.2) is 0 Å². The van der Waals surface area contributed by atoms with Gasteiger partial charge in [0.2, 0.25) is 0 Å². The van der Waals surface area contributed by atoms with E-state index in [2.05, 4.69) is 4.90 Å². The molecule has 1 fully saturated rings. The fourth-order valence-corrected chi connectivity index (χ4v) is 3.00. The SMILES string of the molecule is NCC(c1c(Cl)cccc1Cl)N1CCCOCC1. The Morgan fingerprint density at radius 3 is 2.61 bits per heavy atom. The summed E-state index contributed by atoms with van der Waals surface area (Å²) in [6, 6.07) is 5.64. The number of benzene rings is 1. The van der Waals surface area contributed by atoms with Gasteiger partial charge in [0.05, 0.1) is 12.6 Å². The lowest BCUT2D eigenvalue weighted by Crippen LogP contribution is -2.36. The van der Waals surface area contributed by atoms with Crippen molar-refractivity contribution in [3.05, 3.63) is 33.8 Å². The zero-order chi connectivity index (χ0) is 13.0. The summed E-state index contributed by atoms with van der Waals surface area (Å²) in [6.45, 7) is 3.87. The van der Waals surface area contributed by atoms with Crippen LogP contribution in [0.4, 0.5) is 0 Å². The van der Waals surface area contributed by atoms with E-state index >= 15 is 0 Å². The molecule has 1 aliphatic heterocycles. The summed E-state index contributed by atoms with van der Waals surface area (Å²) in [5, 5.41) is 1.37. The van der Waals surface area contributed by atoms with Crippen LogP contribution in [0, 0.1) is 0 Å². The van der Waals surface area contributed by atoms with Gasteiger partial charge in [-0.1, -0.05) is 29.3 Å². The molecule has 1 unspecified atom stereocenters. The predicted octanol–water partition coefficient (Wildman–Crippen LogP) is 2.72. The molecule has 0 radical (unpaired) electrons. The van der Waals surface area contributed by atoms with Gasteiger partial charge < -0.3 is 10.5 Å². The molecule has 0 aliphatic carbocycles. The van der Waals surface area contributed by atoms with Crippen molar-refractivity contribution in [1.82, 2.24) is 4.90 Å². The number of halogens is 2. The average molecular weight is 289 g/mol. The summed E-state index contributed by atoms with van der Waals surface area (Å²) in [5.74, 6) is 0. The van der Waals surface area contributed by atoms with E-state index in [4.69, 9.17) is 33.7 Å². The summed E-state index contributed by atoms with van der Waals surface area (Å²) in [6.07, 6.45) is 1.01. The molecule has 1 atom stereocenters. The van der Waals surface area contributed by atoms with E-state index in [-0.39, 0.29) is 6.04 Å². The molecular formula is C13H18Cl2N2O. The largest absolute Gasteiger partial charge is 0.380 e. The first-order valence-corrected chi connectivity index (χ1v) is 6.95. The zero-order valence-corrected chi connectivity index (χ0v) is 11.8. The summed E-state index contributed by atoms with van der Waals surface area (Å²) in [5.41, 5.74) is 6.86. The molecule has 18 heavy (non-hydrogen) atoms. The monoisotopic (exact) mass is 288 g/mol. The highest BCUT2D eigenvalue weighted by atomic mass is 35.5. The van der Waals surface area contributed by atoms with Crippen molar-refractivity contribution < 1.29 is 4.74 Å². The van der Waals surface area contributed by atoms with Crippen LogP contribution in [0.3, 0.4) is 0 Å². The highest BCUT2D eigenvalue weighted by Gasteiger charge is 2.24. The number of nitrogens with zero attached hydrogens (tertiary/aromatic N) is 1. The van der Waals surface area contributed by atoms with E-state index in [1.54, 1.807) is 0 Å². The van der Waals surface area contributed by atoms with E-state index in [1.165, 1.54) is 0 Å². The van der Waals surface area contributed by atoms with E-state index in [1.807, 2.05) is 18.2 Å². The van der Waals surface area contributed by atoms with Crippen molar-refractivity contribution in [3.63, 3.8) is 0 Å². The maximum atomic E-state index is 6.27. The second kappa shape index (κ2) is 6.73. The Labute approximate surface area is 118 Å². The third-order valence-electron chi connectivity index (χ3n) is 3.25. The van der Waals surface area contributed by atoms with Gasteiger partial charge in [-0.2, -0.15) is 0 Å². The number of nitrogens with two attached hydrogens (primary N) is 1. The summed E-state index contributed by atoms with van der Waals surface area (Å²) >= 11 is 12.5. The Morgan fingerprint density at radius 1 is 1.22 bits per heavy atom. The first kappa shape index (κ1) is 14.1. The minimum atomic E-state index is 0.0629. The van der Waals surface area contributed by atoms with Crippen LogP contribution in [0.15, 0.2) is 18.2 Å². The quantitative estimate of drug-likeness (QED) is 0.930. The lowest BCUT2D eigenvalue weighted by atomic mass is 10.0. The molecule has 0 aromatic heterocycles. The van der Waals surface area contributed by atoms with Gasteiger partial charge in [0, 0.05) is 41.8 Å². The molecule has 1 aliphatic rings.